The molecule has 0 spiro atoms. The molecule has 1 aromatic heterocycles. The lowest BCUT2D eigenvalue weighted by Crippen LogP contribution is -2.07. The molecule has 0 fully saturated rings. The Balaban J connectivity index is 3.10. The molecule has 0 aromatic carbocycles. The lowest BCUT2D eigenvalue weighted by atomic mass is 10.1. The summed E-state index contributed by atoms with van der Waals surface area (Å²) in [5.41, 5.74) is 2.20. The predicted molar refractivity (Wildman–Crippen MR) is 56.4 cm³/mol. The van der Waals surface area contributed by atoms with Crippen molar-refractivity contribution in [3.05, 3.63) is 17.1 Å². The topological polar surface area (TPSA) is 47.0 Å². The molecule has 4 heteroatoms. The van der Waals surface area contributed by atoms with Gasteiger partial charge in [0, 0.05) is 25.4 Å². The highest BCUT2D eigenvalue weighted by Crippen LogP contribution is 2.16. The third-order valence-electron chi connectivity index (χ3n) is 2.12. The Morgan fingerprint density at radius 1 is 1.36 bits per heavy atom. The van der Waals surface area contributed by atoms with E-state index < -0.39 is 0 Å². The van der Waals surface area contributed by atoms with Crippen molar-refractivity contribution in [3.8, 4) is 0 Å². The van der Waals surface area contributed by atoms with Crippen molar-refractivity contribution >= 4 is 5.82 Å². The van der Waals surface area contributed by atoms with Gasteiger partial charge < -0.3 is 10.1 Å². The van der Waals surface area contributed by atoms with Crippen LogP contribution < -0.4 is 5.32 Å². The molecule has 0 bridgehead atoms. The quantitative estimate of drug-likeness (QED) is 0.791. The van der Waals surface area contributed by atoms with Gasteiger partial charge in [-0.1, -0.05) is 6.92 Å². The van der Waals surface area contributed by atoms with Crippen LogP contribution in [0, 0.1) is 6.92 Å². The van der Waals surface area contributed by atoms with Crippen LogP contribution in [-0.4, -0.2) is 24.1 Å². The Kier molecular flexibility index (Phi) is 3.83. The summed E-state index contributed by atoms with van der Waals surface area (Å²) in [6.45, 7) is 4.56. The van der Waals surface area contributed by atoms with Crippen LogP contribution in [0.15, 0.2) is 0 Å². The van der Waals surface area contributed by atoms with Crippen LogP contribution in [0.3, 0.4) is 0 Å². The van der Waals surface area contributed by atoms with E-state index in [0.29, 0.717) is 6.61 Å². The first kappa shape index (κ1) is 10.9. The molecule has 1 N–H and O–H groups in total. The van der Waals surface area contributed by atoms with Crippen LogP contribution in [-0.2, 0) is 17.8 Å². The Bertz CT molecular complexity index is 312. The third kappa shape index (κ3) is 2.20. The number of rotatable bonds is 4. The molecule has 0 aliphatic heterocycles. The van der Waals surface area contributed by atoms with Gasteiger partial charge in [-0.15, -0.1) is 0 Å². The number of ether oxygens (including phenoxy) is 1. The molecule has 0 unspecified atom stereocenters. The minimum absolute atomic E-state index is 0.458. The second-order valence-corrected chi connectivity index (χ2v) is 3.09. The molecule has 14 heavy (non-hydrogen) atoms. The molecule has 0 amide bonds. The van der Waals surface area contributed by atoms with Crippen molar-refractivity contribution in [2.75, 3.05) is 19.5 Å². The zero-order chi connectivity index (χ0) is 10.6. The van der Waals surface area contributed by atoms with E-state index in [0.717, 1.165) is 23.8 Å². The molecule has 0 atom stereocenters. The highest BCUT2D eigenvalue weighted by Gasteiger charge is 2.08. The van der Waals surface area contributed by atoms with Gasteiger partial charge in [-0.05, 0) is 13.3 Å². The summed E-state index contributed by atoms with van der Waals surface area (Å²) in [7, 11) is 3.52. The number of aryl methyl sites for hydroxylation is 1. The molecule has 1 rings (SSSR count). The van der Waals surface area contributed by atoms with E-state index in [1.807, 2.05) is 14.0 Å². The molecular formula is C10H17N3O. The Hall–Kier alpha value is -1.16. The van der Waals surface area contributed by atoms with Gasteiger partial charge in [0.05, 0.1) is 0 Å². The fourth-order valence-electron chi connectivity index (χ4n) is 1.48. The van der Waals surface area contributed by atoms with Gasteiger partial charge in [-0.25, -0.2) is 9.97 Å². The van der Waals surface area contributed by atoms with Gasteiger partial charge in [-0.2, -0.15) is 0 Å². The lowest BCUT2D eigenvalue weighted by molar-refractivity contribution is 0.177. The minimum Gasteiger partial charge on any atom is -0.377 e. The fourth-order valence-corrected chi connectivity index (χ4v) is 1.48. The maximum absolute atomic E-state index is 5.00. The van der Waals surface area contributed by atoms with Crippen molar-refractivity contribution in [3.63, 3.8) is 0 Å². The van der Waals surface area contributed by atoms with Gasteiger partial charge in [0.15, 0.2) is 5.82 Å². The summed E-state index contributed by atoms with van der Waals surface area (Å²) >= 11 is 0. The van der Waals surface area contributed by atoms with E-state index >= 15 is 0 Å². The number of methoxy groups -OCH3 is 1. The van der Waals surface area contributed by atoms with E-state index in [9.17, 15) is 0 Å². The van der Waals surface area contributed by atoms with Crippen molar-refractivity contribution in [2.24, 2.45) is 0 Å². The highest BCUT2D eigenvalue weighted by atomic mass is 16.5. The molecule has 0 saturated carbocycles. The second kappa shape index (κ2) is 4.91. The highest BCUT2D eigenvalue weighted by molar-refractivity contribution is 5.45. The first-order valence-corrected chi connectivity index (χ1v) is 4.76. The monoisotopic (exact) mass is 195 g/mol. The third-order valence-corrected chi connectivity index (χ3v) is 2.12. The van der Waals surface area contributed by atoms with Crippen molar-refractivity contribution in [2.45, 2.75) is 26.9 Å². The first-order chi connectivity index (χ1) is 6.72. The SMILES string of the molecule is CCc1c(C)nc(COC)nc1NC. The van der Waals surface area contributed by atoms with Crippen LogP contribution in [0.4, 0.5) is 5.82 Å². The predicted octanol–water partition coefficient (Wildman–Crippen LogP) is 1.54. The van der Waals surface area contributed by atoms with E-state index in [4.69, 9.17) is 4.74 Å². The summed E-state index contributed by atoms with van der Waals surface area (Å²) in [6, 6.07) is 0. The average Bonchev–Trinajstić information content (AvgIpc) is 2.17. The van der Waals surface area contributed by atoms with E-state index in [1.54, 1.807) is 7.11 Å². The number of hydrogen-bond acceptors (Lipinski definition) is 4. The molecule has 1 aromatic rings. The van der Waals surface area contributed by atoms with Gasteiger partial charge in [0.2, 0.25) is 0 Å². The summed E-state index contributed by atoms with van der Waals surface area (Å²) in [4.78, 5) is 8.73. The van der Waals surface area contributed by atoms with Gasteiger partial charge in [0.25, 0.3) is 0 Å². The number of nitrogens with one attached hydrogen (secondary N) is 1. The molecule has 0 saturated heterocycles. The second-order valence-electron chi connectivity index (χ2n) is 3.09. The number of hydrogen-bond donors (Lipinski definition) is 1. The smallest absolute Gasteiger partial charge is 0.156 e. The van der Waals surface area contributed by atoms with Crippen molar-refractivity contribution in [1.29, 1.82) is 0 Å². The van der Waals surface area contributed by atoms with Crippen LogP contribution in [0.2, 0.25) is 0 Å². The minimum atomic E-state index is 0.458. The molecular weight excluding hydrogens is 178 g/mol. The molecule has 0 aliphatic rings. The lowest BCUT2D eigenvalue weighted by Gasteiger charge is -2.10. The Morgan fingerprint density at radius 2 is 2.07 bits per heavy atom. The number of aromatic nitrogens is 2. The molecule has 1 heterocycles. The molecule has 0 aliphatic carbocycles. The number of anilines is 1. The maximum Gasteiger partial charge on any atom is 0.156 e. The molecule has 0 radical (unpaired) electrons. The van der Waals surface area contributed by atoms with E-state index in [2.05, 4.69) is 22.2 Å². The zero-order valence-electron chi connectivity index (χ0n) is 9.22. The summed E-state index contributed by atoms with van der Waals surface area (Å²) in [5, 5.41) is 3.08. The van der Waals surface area contributed by atoms with Crippen LogP contribution in [0.1, 0.15) is 24.0 Å². The molecule has 4 nitrogen and oxygen atoms in total. The number of nitrogens with zero attached hydrogens (tertiary/aromatic N) is 2. The summed E-state index contributed by atoms with van der Waals surface area (Å²) in [5.74, 6) is 1.64. The summed E-state index contributed by atoms with van der Waals surface area (Å²) in [6.07, 6.45) is 0.940. The van der Waals surface area contributed by atoms with E-state index in [-0.39, 0.29) is 0 Å². The van der Waals surface area contributed by atoms with Crippen molar-refractivity contribution in [1.82, 2.24) is 9.97 Å². The van der Waals surface area contributed by atoms with Crippen LogP contribution in [0.25, 0.3) is 0 Å². The molecule has 78 valence electrons. The largest absolute Gasteiger partial charge is 0.377 e. The standard InChI is InChI=1S/C10H17N3O/c1-5-8-7(2)12-9(6-14-4)13-10(8)11-3/h5-6H2,1-4H3,(H,11,12,13). The van der Waals surface area contributed by atoms with Crippen LogP contribution >= 0.6 is 0 Å². The first-order valence-electron chi connectivity index (χ1n) is 4.76. The van der Waals surface area contributed by atoms with Gasteiger partial charge >= 0.3 is 0 Å². The van der Waals surface area contributed by atoms with Gasteiger partial charge in [0.1, 0.15) is 12.4 Å². The maximum atomic E-state index is 5.00. The zero-order valence-corrected chi connectivity index (χ0v) is 9.22. The van der Waals surface area contributed by atoms with Gasteiger partial charge in [-0.3, -0.25) is 0 Å². The Labute approximate surface area is 84.7 Å². The normalized spacial score (nSPS) is 10.3. The fraction of sp³-hybridized carbons (Fsp3) is 0.600. The summed E-state index contributed by atoms with van der Waals surface area (Å²) < 4.78 is 5.00. The van der Waals surface area contributed by atoms with Crippen LogP contribution in [0.5, 0.6) is 0 Å². The Morgan fingerprint density at radius 3 is 2.57 bits per heavy atom. The van der Waals surface area contributed by atoms with Crippen molar-refractivity contribution < 1.29 is 4.74 Å². The average molecular weight is 195 g/mol. The van der Waals surface area contributed by atoms with E-state index in [1.165, 1.54) is 5.56 Å².